The summed E-state index contributed by atoms with van der Waals surface area (Å²) < 4.78 is 33.8. The van der Waals surface area contributed by atoms with Crippen LogP contribution in [0.5, 0.6) is 5.75 Å². The highest BCUT2D eigenvalue weighted by Gasteiger charge is 2.53. The van der Waals surface area contributed by atoms with E-state index in [1.807, 2.05) is 32.7 Å². The zero-order valence-electron chi connectivity index (χ0n) is 26.4. The summed E-state index contributed by atoms with van der Waals surface area (Å²) in [5, 5.41) is 14.0. The van der Waals surface area contributed by atoms with Crippen LogP contribution in [0.25, 0.3) is 0 Å². The van der Waals surface area contributed by atoms with Gasteiger partial charge in [0.05, 0.1) is 17.2 Å². The summed E-state index contributed by atoms with van der Waals surface area (Å²) in [6, 6.07) is 6.74. The number of nitrogens with one attached hydrogen (secondary N) is 3. The second kappa shape index (κ2) is 13.4. The van der Waals surface area contributed by atoms with Gasteiger partial charge in [0.25, 0.3) is 5.91 Å². The molecule has 42 heavy (non-hydrogen) atoms. The number of unbranched alkanes of at least 4 members (excludes halogenated alkanes) is 5. The van der Waals surface area contributed by atoms with Crippen LogP contribution >= 0.6 is 11.6 Å². The summed E-state index contributed by atoms with van der Waals surface area (Å²) in [6.45, 7) is 15.9. The Morgan fingerprint density at radius 1 is 1.05 bits per heavy atom. The summed E-state index contributed by atoms with van der Waals surface area (Å²) in [4.78, 5) is 13.1. The number of sulfonamides is 1. The number of anilines is 1. The highest BCUT2D eigenvalue weighted by Crippen LogP contribution is 2.40. The van der Waals surface area contributed by atoms with Crippen molar-refractivity contribution in [2.75, 3.05) is 17.1 Å². The molecule has 10 nitrogen and oxygen atoms in total. The van der Waals surface area contributed by atoms with Gasteiger partial charge in [0.15, 0.2) is 18.6 Å². The molecule has 0 fully saturated rings. The lowest BCUT2D eigenvalue weighted by Gasteiger charge is -2.43. The van der Waals surface area contributed by atoms with E-state index in [0.717, 1.165) is 31.4 Å². The Morgan fingerprint density at radius 2 is 1.69 bits per heavy atom. The van der Waals surface area contributed by atoms with Crippen molar-refractivity contribution in [1.29, 1.82) is 0 Å². The van der Waals surface area contributed by atoms with Gasteiger partial charge in [-0.15, -0.1) is 11.6 Å². The highest BCUT2D eigenvalue weighted by molar-refractivity contribution is 7.92. The van der Waals surface area contributed by atoms with Crippen LogP contribution in [0.4, 0.5) is 5.69 Å². The number of benzene rings is 1. The van der Waals surface area contributed by atoms with Crippen LogP contribution in [-0.4, -0.2) is 60.3 Å². The van der Waals surface area contributed by atoms with Crippen molar-refractivity contribution in [2.24, 2.45) is 21.0 Å². The first-order valence-corrected chi connectivity index (χ1v) is 17.0. The molecule has 2 atom stereocenters. The normalized spacial score (nSPS) is 19.1. The van der Waals surface area contributed by atoms with E-state index in [1.165, 1.54) is 6.42 Å². The van der Waals surface area contributed by atoms with Crippen molar-refractivity contribution < 1.29 is 17.9 Å². The molecule has 0 saturated heterocycles. The molecule has 3 N–H and O–H groups in total. The zero-order chi connectivity index (χ0) is 31.3. The number of carbonyl (C=O) groups is 1. The summed E-state index contributed by atoms with van der Waals surface area (Å²) >= 11 is 6.74. The summed E-state index contributed by atoms with van der Waals surface area (Å²) in [5.74, 6) is 0.655. The van der Waals surface area contributed by atoms with Crippen molar-refractivity contribution >= 4 is 44.8 Å². The molecule has 12 heteroatoms. The maximum absolute atomic E-state index is 13.1. The third-order valence-corrected chi connectivity index (χ3v) is 9.96. The molecule has 1 aromatic carbocycles. The lowest BCUT2D eigenvalue weighted by Crippen LogP contribution is -2.60. The largest absolute Gasteiger partial charge is 0.482 e. The minimum atomic E-state index is -3.54. The number of halogens is 1. The quantitative estimate of drug-likeness (QED) is 0.171. The van der Waals surface area contributed by atoms with Gasteiger partial charge in [-0.2, -0.15) is 10.2 Å². The zero-order valence-corrected chi connectivity index (χ0v) is 28.0. The number of hydrazone groups is 2. The van der Waals surface area contributed by atoms with Gasteiger partial charge in [0.2, 0.25) is 10.0 Å². The monoisotopic (exact) mass is 624 g/mol. The summed E-state index contributed by atoms with van der Waals surface area (Å²) in [7, 11) is -3.54. The predicted octanol–water partition coefficient (Wildman–Crippen LogP) is 5.66. The number of rotatable bonds is 15. The fourth-order valence-electron chi connectivity index (χ4n) is 4.91. The van der Waals surface area contributed by atoms with E-state index in [4.69, 9.17) is 21.4 Å². The molecule has 236 valence electrons. The van der Waals surface area contributed by atoms with Crippen LogP contribution in [0.3, 0.4) is 0 Å². The molecule has 1 aromatic rings. The number of amides is 1. The lowest BCUT2D eigenvalue weighted by molar-refractivity contribution is -0.125. The minimum Gasteiger partial charge on any atom is -0.482 e. The van der Waals surface area contributed by atoms with Crippen molar-refractivity contribution in [1.82, 2.24) is 15.8 Å². The summed E-state index contributed by atoms with van der Waals surface area (Å²) in [5.41, 5.74) is 2.70. The molecule has 0 aliphatic carbocycles. The summed E-state index contributed by atoms with van der Waals surface area (Å²) in [6.07, 6.45) is 5.67. The van der Waals surface area contributed by atoms with Gasteiger partial charge in [-0.05, 0) is 32.4 Å². The van der Waals surface area contributed by atoms with Gasteiger partial charge in [-0.25, -0.2) is 13.4 Å². The van der Waals surface area contributed by atoms with Gasteiger partial charge >= 0.3 is 0 Å². The van der Waals surface area contributed by atoms with Crippen LogP contribution in [0.15, 0.2) is 34.5 Å². The number of hydrogen-bond donors (Lipinski definition) is 3. The topological polar surface area (TPSA) is 124 Å². The van der Waals surface area contributed by atoms with Crippen molar-refractivity contribution in [3.8, 4) is 5.75 Å². The number of fused-ring (bicyclic) bond motifs is 1. The van der Waals surface area contributed by atoms with E-state index in [1.54, 1.807) is 24.3 Å². The molecule has 0 aromatic heterocycles. The van der Waals surface area contributed by atoms with E-state index in [9.17, 15) is 13.2 Å². The van der Waals surface area contributed by atoms with Crippen LogP contribution in [0, 0.1) is 10.8 Å². The number of ether oxygens (including phenoxy) is 1. The molecule has 2 aliphatic rings. The first-order valence-electron chi connectivity index (χ1n) is 14.9. The van der Waals surface area contributed by atoms with E-state index < -0.39 is 21.0 Å². The predicted molar refractivity (Wildman–Crippen MR) is 171 cm³/mol. The fourth-order valence-corrected chi connectivity index (χ4v) is 6.63. The molecule has 3 rings (SSSR count). The number of hydrogen-bond acceptors (Lipinski definition) is 8. The van der Waals surface area contributed by atoms with Crippen LogP contribution in [0.1, 0.15) is 93.9 Å². The first kappa shape index (κ1) is 34.0. The third kappa shape index (κ3) is 8.09. The average molecular weight is 625 g/mol. The number of alkyl halides is 1. The van der Waals surface area contributed by atoms with E-state index >= 15 is 0 Å². The second-order valence-corrected chi connectivity index (χ2v) is 15.6. The first-order chi connectivity index (χ1) is 19.5. The SMILES string of the molecule is CCCCCCCCS(=O)(=O)Nc1ccccc1OCC(=O)NC(C)(C)C(C)(C)C1=NNC2C(Cl)C(C(C)(C)C)=NN12. The molecule has 0 spiro atoms. The van der Waals surface area contributed by atoms with Crippen LogP contribution in [-0.2, 0) is 14.8 Å². The molecular weight excluding hydrogens is 576 g/mol. The molecule has 0 radical (unpaired) electrons. The Bertz CT molecular complexity index is 1270. The Balaban J connectivity index is 1.60. The number of para-hydroxylation sites is 2. The van der Waals surface area contributed by atoms with Crippen LogP contribution in [0.2, 0.25) is 0 Å². The Kier molecular flexibility index (Phi) is 10.8. The van der Waals surface area contributed by atoms with Gasteiger partial charge < -0.3 is 10.1 Å². The molecule has 1 amide bonds. The Labute approximate surface area is 257 Å². The van der Waals surface area contributed by atoms with E-state index in [2.05, 4.69) is 48.3 Å². The molecule has 2 heterocycles. The van der Waals surface area contributed by atoms with E-state index in [-0.39, 0.29) is 41.0 Å². The van der Waals surface area contributed by atoms with Crippen molar-refractivity contribution in [2.45, 2.75) is 111 Å². The molecule has 0 bridgehead atoms. The second-order valence-electron chi connectivity index (χ2n) is 13.3. The third-order valence-electron chi connectivity index (χ3n) is 8.16. The Morgan fingerprint density at radius 3 is 2.36 bits per heavy atom. The smallest absolute Gasteiger partial charge is 0.258 e. The number of amidine groups is 1. The van der Waals surface area contributed by atoms with Crippen molar-refractivity contribution in [3.63, 3.8) is 0 Å². The maximum atomic E-state index is 13.1. The van der Waals surface area contributed by atoms with E-state index in [0.29, 0.717) is 17.9 Å². The van der Waals surface area contributed by atoms with Gasteiger partial charge in [-0.3, -0.25) is 14.9 Å². The fraction of sp³-hybridized carbons (Fsp3) is 0.700. The van der Waals surface area contributed by atoms with Gasteiger partial charge in [0, 0.05) is 16.4 Å². The van der Waals surface area contributed by atoms with Crippen LogP contribution < -0.4 is 20.2 Å². The molecule has 0 saturated carbocycles. The lowest BCUT2D eigenvalue weighted by atomic mass is 9.73. The Hall–Kier alpha value is -2.53. The minimum absolute atomic E-state index is 0.0413. The molecular formula is C30H49ClN6O4S. The number of nitrogens with zero attached hydrogens (tertiary/aromatic N) is 3. The van der Waals surface area contributed by atoms with Crippen molar-refractivity contribution in [3.05, 3.63) is 24.3 Å². The molecule has 2 aliphatic heterocycles. The highest BCUT2D eigenvalue weighted by atomic mass is 35.5. The van der Waals surface area contributed by atoms with Gasteiger partial charge in [0.1, 0.15) is 11.1 Å². The standard InChI is InChI=1S/C30H49ClN6O4S/c1-9-10-11-12-13-16-19-42(39,40)36-21-17-14-15-18-22(21)41-20-23(38)32-30(7,8)29(5,6)27-34-33-26-24(31)25(28(2,3)4)35-37(26)27/h14-15,17-18,24,26,33,36H,9-13,16,19-20H2,1-8H3,(H,32,38). The molecule has 2 unspecified atom stereocenters. The average Bonchev–Trinajstić information content (AvgIpc) is 3.45. The maximum Gasteiger partial charge on any atom is 0.258 e. The van der Waals surface area contributed by atoms with Gasteiger partial charge in [-0.1, -0.05) is 85.8 Å². The number of carbonyl (C=O) groups excluding carboxylic acids is 1.